The summed E-state index contributed by atoms with van der Waals surface area (Å²) in [5, 5.41) is 6.52. The van der Waals surface area contributed by atoms with Crippen LogP contribution in [-0.4, -0.2) is 47.4 Å². The van der Waals surface area contributed by atoms with Crippen molar-refractivity contribution in [2.75, 3.05) is 19.7 Å². The number of nitrogens with one attached hydrogen (secondary N) is 3. The van der Waals surface area contributed by atoms with Crippen molar-refractivity contribution in [3.05, 3.63) is 58.8 Å². The number of ether oxygens (including phenoxy) is 1. The average molecular weight is 441 g/mol. The predicted molar refractivity (Wildman–Crippen MR) is 119 cm³/mol. The molecular weight excluding hydrogens is 411 g/mol. The van der Waals surface area contributed by atoms with E-state index in [1.165, 1.54) is 12.1 Å². The number of aromatic nitrogens is 1. The minimum Gasteiger partial charge on any atom is -0.493 e. The fourth-order valence-corrected chi connectivity index (χ4v) is 4.55. The van der Waals surface area contributed by atoms with E-state index in [0.717, 1.165) is 24.1 Å². The van der Waals surface area contributed by atoms with Crippen LogP contribution in [0, 0.1) is 5.82 Å². The molecule has 3 N–H and O–H groups in total. The third-order valence-electron chi connectivity index (χ3n) is 6.16. The van der Waals surface area contributed by atoms with Gasteiger partial charge in [0, 0.05) is 49.1 Å². The van der Waals surface area contributed by atoms with E-state index < -0.39 is 0 Å². The van der Waals surface area contributed by atoms with E-state index in [4.69, 9.17) is 4.74 Å². The molecule has 0 saturated carbocycles. The van der Waals surface area contributed by atoms with E-state index >= 15 is 0 Å². The number of rotatable bonds is 5. The minimum atomic E-state index is -0.344. The topological polar surface area (TPSA) is 86.5 Å². The summed E-state index contributed by atoms with van der Waals surface area (Å²) in [7, 11) is 0. The van der Waals surface area contributed by atoms with E-state index in [-0.39, 0.29) is 29.7 Å². The first-order valence-electron chi connectivity index (χ1n) is 11.0. The smallest absolute Gasteiger partial charge is 0.255 e. The van der Waals surface area contributed by atoms with Crippen molar-refractivity contribution in [1.82, 2.24) is 20.5 Å². The van der Waals surface area contributed by atoms with Crippen LogP contribution in [0.5, 0.6) is 5.75 Å². The van der Waals surface area contributed by atoms with Crippen molar-refractivity contribution in [3.63, 3.8) is 0 Å². The van der Waals surface area contributed by atoms with E-state index in [9.17, 15) is 14.0 Å². The van der Waals surface area contributed by atoms with Crippen LogP contribution in [0.3, 0.4) is 0 Å². The van der Waals surface area contributed by atoms with Gasteiger partial charge in [-0.25, -0.2) is 4.39 Å². The molecule has 1 fully saturated rings. The van der Waals surface area contributed by atoms with Gasteiger partial charge >= 0.3 is 0 Å². The number of carbonyl (C=O) groups is 2. The van der Waals surface area contributed by atoms with Gasteiger partial charge in [0.25, 0.3) is 5.91 Å². The van der Waals surface area contributed by atoms with Crippen molar-refractivity contribution in [1.29, 1.82) is 0 Å². The molecule has 2 aliphatic rings. The molecule has 2 amide bonds. The van der Waals surface area contributed by atoms with Crippen molar-refractivity contribution in [2.45, 2.75) is 45.7 Å². The van der Waals surface area contributed by atoms with Crippen LogP contribution in [0.4, 0.5) is 4.39 Å². The molecule has 4 rings (SSSR count). The maximum atomic E-state index is 14.1. The van der Waals surface area contributed by atoms with Gasteiger partial charge in [-0.1, -0.05) is 0 Å². The lowest BCUT2D eigenvalue weighted by Gasteiger charge is -2.33. The van der Waals surface area contributed by atoms with Crippen molar-refractivity contribution in [2.24, 2.45) is 0 Å². The molecule has 0 spiro atoms. The fraction of sp³-hybridized carbons (Fsp3) is 0.417. The summed E-state index contributed by atoms with van der Waals surface area (Å²) in [6, 6.07) is 6.07. The number of amides is 2. The molecule has 1 atom stereocenters. The summed E-state index contributed by atoms with van der Waals surface area (Å²) in [5.41, 5.74) is 3.51. The zero-order valence-corrected chi connectivity index (χ0v) is 18.6. The number of carbonyl (C=O) groups excluding carboxylic acids is 2. The summed E-state index contributed by atoms with van der Waals surface area (Å²) in [5.74, 6) is 0.166. The van der Waals surface area contributed by atoms with E-state index in [1.54, 1.807) is 24.1 Å². The van der Waals surface area contributed by atoms with E-state index in [1.807, 2.05) is 19.9 Å². The molecule has 170 valence electrons. The molecular formula is C24H29FN4O3. The predicted octanol–water partition coefficient (Wildman–Crippen LogP) is 3.10. The highest BCUT2D eigenvalue weighted by molar-refractivity contribution is 6.20. The summed E-state index contributed by atoms with van der Waals surface area (Å²) in [6.45, 7) is 7.06. The highest BCUT2D eigenvalue weighted by Gasteiger charge is 2.33. The molecule has 1 aromatic carbocycles. The number of allylic oxidation sites excluding steroid dienone is 1. The van der Waals surface area contributed by atoms with Crippen LogP contribution < -0.4 is 15.4 Å². The van der Waals surface area contributed by atoms with Gasteiger partial charge in [0.2, 0.25) is 5.91 Å². The number of piperidine rings is 1. The second kappa shape index (κ2) is 9.06. The monoisotopic (exact) mass is 440 g/mol. The average Bonchev–Trinajstić information content (AvgIpc) is 3.24. The van der Waals surface area contributed by atoms with Gasteiger partial charge in [-0.15, -0.1) is 0 Å². The first-order valence-corrected chi connectivity index (χ1v) is 11.0. The van der Waals surface area contributed by atoms with Gasteiger partial charge in [0.05, 0.1) is 23.9 Å². The Morgan fingerprint density at radius 2 is 1.97 bits per heavy atom. The molecule has 8 heteroatoms. The lowest BCUT2D eigenvalue weighted by atomic mass is 9.90. The first kappa shape index (κ1) is 21.9. The fourth-order valence-electron chi connectivity index (χ4n) is 4.55. The Labute approximate surface area is 187 Å². The normalized spacial score (nSPS) is 18.8. The number of halogens is 1. The number of hydrogen-bond donors (Lipinski definition) is 3. The zero-order chi connectivity index (χ0) is 22.8. The van der Waals surface area contributed by atoms with Crippen LogP contribution >= 0.6 is 0 Å². The zero-order valence-electron chi connectivity index (χ0n) is 18.6. The standard InChI is InChI=1S/C24H29FN4O3/c1-4-32-20-6-5-16(25)13-19(20)22-18-7-10-26-23(18)21(14(2)27-22)24(31)28-17-8-11-29(12-9-17)15(3)30/h5-7,10,13,17,22,26-27H,4,8-9,11-12H2,1-3H3,(H,28,31). The van der Waals surface area contributed by atoms with Crippen molar-refractivity contribution >= 4 is 17.4 Å². The number of hydrogen-bond acceptors (Lipinski definition) is 4. The number of likely N-dealkylation sites (tertiary alicyclic amines) is 1. The van der Waals surface area contributed by atoms with Gasteiger partial charge < -0.3 is 25.3 Å². The Balaban J connectivity index is 1.58. The van der Waals surface area contributed by atoms with Crippen LogP contribution in [0.25, 0.3) is 5.57 Å². The number of nitrogens with zero attached hydrogens (tertiary/aromatic N) is 1. The lowest BCUT2D eigenvalue weighted by Crippen LogP contribution is -2.46. The summed E-state index contributed by atoms with van der Waals surface area (Å²) in [6.07, 6.45) is 3.24. The number of aromatic amines is 1. The van der Waals surface area contributed by atoms with Crippen molar-refractivity contribution in [3.8, 4) is 5.75 Å². The summed E-state index contributed by atoms with van der Waals surface area (Å²) < 4.78 is 19.8. The van der Waals surface area contributed by atoms with Crippen LogP contribution in [0.15, 0.2) is 36.2 Å². The molecule has 3 heterocycles. The van der Waals surface area contributed by atoms with Crippen molar-refractivity contribution < 1.29 is 18.7 Å². The molecule has 1 saturated heterocycles. The molecule has 0 bridgehead atoms. The summed E-state index contributed by atoms with van der Waals surface area (Å²) >= 11 is 0. The highest BCUT2D eigenvalue weighted by Crippen LogP contribution is 2.39. The maximum absolute atomic E-state index is 14.1. The van der Waals surface area contributed by atoms with Gasteiger partial charge in [-0.2, -0.15) is 0 Å². The van der Waals surface area contributed by atoms with E-state index in [2.05, 4.69) is 15.6 Å². The number of H-pyrrole nitrogens is 1. The van der Waals surface area contributed by atoms with Gasteiger partial charge in [0.1, 0.15) is 11.6 Å². The largest absolute Gasteiger partial charge is 0.493 e. The first-order chi connectivity index (χ1) is 15.4. The second-order valence-electron chi connectivity index (χ2n) is 8.25. The molecule has 32 heavy (non-hydrogen) atoms. The molecule has 2 aromatic rings. The Bertz CT molecular complexity index is 1050. The van der Waals surface area contributed by atoms with E-state index in [0.29, 0.717) is 42.3 Å². The van der Waals surface area contributed by atoms with Gasteiger partial charge in [-0.3, -0.25) is 9.59 Å². The van der Waals surface area contributed by atoms with Crippen LogP contribution in [0.2, 0.25) is 0 Å². The Morgan fingerprint density at radius 3 is 2.66 bits per heavy atom. The molecule has 0 aliphatic carbocycles. The molecule has 2 aliphatic heterocycles. The highest BCUT2D eigenvalue weighted by atomic mass is 19.1. The number of fused-ring (bicyclic) bond motifs is 1. The quantitative estimate of drug-likeness (QED) is 0.667. The molecule has 1 aromatic heterocycles. The van der Waals surface area contributed by atoms with Crippen LogP contribution in [-0.2, 0) is 9.59 Å². The number of benzene rings is 1. The SMILES string of the molecule is CCOc1ccc(F)cc1C1NC(C)=C(C(=O)NC2CCN(C(C)=O)CC2)c2[nH]ccc21. The lowest BCUT2D eigenvalue weighted by molar-refractivity contribution is -0.129. The Kier molecular flexibility index (Phi) is 6.21. The third-order valence-corrected chi connectivity index (χ3v) is 6.16. The Morgan fingerprint density at radius 1 is 1.22 bits per heavy atom. The second-order valence-corrected chi connectivity index (χ2v) is 8.25. The minimum absolute atomic E-state index is 0.0160. The third kappa shape index (κ3) is 4.22. The van der Waals surface area contributed by atoms with Gasteiger partial charge in [0.15, 0.2) is 0 Å². The molecule has 7 nitrogen and oxygen atoms in total. The molecule has 0 radical (unpaired) electrons. The molecule has 1 unspecified atom stereocenters. The maximum Gasteiger partial charge on any atom is 0.255 e. The summed E-state index contributed by atoms with van der Waals surface area (Å²) in [4.78, 5) is 29.8. The van der Waals surface area contributed by atoms with Gasteiger partial charge in [-0.05, 0) is 51.0 Å². The Hall–Kier alpha value is -3.29. The van der Waals surface area contributed by atoms with Crippen LogP contribution in [0.1, 0.15) is 56.5 Å².